The van der Waals surface area contributed by atoms with E-state index in [1.807, 2.05) is 6.07 Å². The highest BCUT2D eigenvalue weighted by atomic mass is 16.6. The molecule has 0 spiro atoms. The molecule has 116 valence electrons. The van der Waals surface area contributed by atoms with Crippen LogP contribution in [0.1, 0.15) is 18.4 Å². The molecule has 1 heterocycles. The van der Waals surface area contributed by atoms with Gasteiger partial charge in [-0.25, -0.2) is 0 Å². The largest absolute Gasteiger partial charge is 0.496 e. The minimum absolute atomic E-state index is 0.0830. The summed E-state index contributed by atoms with van der Waals surface area (Å²) in [6.45, 7) is 3.89. The SMILES string of the molecule is COc1cc(CN(C)CC2CCNCC2)cc([N+](=O)[O-])c1. The molecule has 0 saturated carbocycles. The molecule has 0 bridgehead atoms. The molecule has 6 heteroatoms. The van der Waals surface area contributed by atoms with Crippen LogP contribution in [0.25, 0.3) is 0 Å². The van der Waals surface area contributed by atoms with Crippen LogP contribution in [0.2, 0.25) is 0 Å². The van der Waals surface area contributed by atoms with Crippen molar-refractivity contribution in [3.63, 3.8) is 0 Å². The van der Waals surface area contributed by atoms with Gasteiger partial charge in [-0.05, 0) is 50.5 Å². The second-order valence-corrected chi connectivity index (χ2v) is 5.69. The van der Waals surface area contributed by atoms with Crippen molar-refractivity contribution in [1.29, 1.82) is 0 Å². The number of ether oxygens (including phenoxy) is 1. The highest BCUT2D eigenvalue weighted by molar-refractivity contribution is 5.42. The number of hydrogen-bond acceptors (Lipinski definition) is 5. The molecule has 1 aliphatic rings. The zero-order valence-corrected chi connectivity index (χ0v) is 12.7. The van der Waals surface area contributed by atoms with Gasteiger partial charge in [0, 0.05) is 19.2 Å². The first-order chi connectivity index (χ1) is 10.1. The molecule has 6 nitrogen and oxygen atoms in total. The molecule has 0 unspecified atom stereocenters. The molecule has 1 N–H and O–H groups in total. The molecule has 0 aliphatic carbocycles. The van der Waals surface area contributed by atoms with E-state index in [1.54, 1.807) is 6.07 Å². The Labute approximate surface area is 125 Å². The first kappa shape index (κ1) is 15.7. The van der Waals surface area contributed by atoms with E-state index in [9.17, 15) is 10.1 Å². The number of nitro groups is 1. The lowest BCUT2D eigenvalue weighted by Gasteiger charge is -2.27. The number of nitrogens with one attached hydrogen (secondary N) is 1. The fourth-order valence-corrected chi connectivity index (χ4v) is 2.84. The van der Waals surface area contributed by atoms with Gasteiger partial charge in [-0.2, -0.15) is 0 Å². The number of nitro benzene ring substituents is 1. The van der Waals surface area contributed by atoms with Crippen LogP contribution in [-0.4, -0.2) is 43.6 Å². The molecule has 0 amide bonds. The summed E-state index contributed by atoms with van der Waals surface area (Å²) in [5.41, 5.74) is 0.997. The van der Waals surface area contributed by atoms with Crippen LogP contribution in [0.5, 0.6) is 5.75 Å². The van der Waals surface area contributed by atoms with Gasteiger partial charge in [0.05, 0.1) is 18.1 Å². The second-order valence-electron chi connectivity index (χ2n) is 5.69. The average molecular weight is 293 g/mol. The van der Waals surface area contributed by atoms with Crippen molar-refractivity contribution in [2.45, 2.75) is 19.4 Å². The monoisotopic (exact) mass is 293 g/mol. The van der Waals surface area contributed by atoms with E-state index in [4.69, 9.17) is 4.74 Å². The molecule has 1 aromatic rings. The quantitative estimate of drug-likeness (QED) is 0.642. The third-order valence-corrected chi connectivity index (χ3v) is 3.88. The molecular weight excluding hydrogens is 270 g/mol. The predicted octanol–water partition coefficient (Wildman–Crippen LogP) is 2.03. The number of nitrogens with zero attached hydrogens (tertiary/aromatic N) is 2. The summed E-state index contributed by atoms with van der Waals surface area (Å²) in [4.78, 5) is 12.8. The Bertz CT molecular complexity index is 487. The minimum Gasteiger partial charge on any atom is -0.496 e. The fraction of sp³-hybridized carbons (Fsp3) is 0.600. The number of methoxy groups -OCH3 is 1. The lowest BCUT2D eigenvalue weighted by molar-refractivity contribution is -0.385. The summed E-state index contributed by atoms with van der Waals surface area (Å²) in [7, 11) is 3.59. The summed E-state index contributed by atoms with van der Waals surface area (Å²) in [6.07, 6.45) is 2.39. The van der Waals surface area contributed by atoms with Crippen LogP contribution >= 0.6 is 0 Å². The number of hydrogen-bond donors (Lipinski definition) is 1. The molecule has 21 heavy (non-hydrogen) atoms. The van der Waals surface area contributed by atoms with E-state index in [1.165, 1.54) is 26.0 Å². The normalized spacial score (nSPS) is 16.1. The summed E-state index contributed by atoms with van der Waals surface area (Å²) in [6, 6.07) is 4.95. The molecule has 0 atom stereocenters. The first-order valence-corrected chi connectivity index (χ1v) is 7.30. The molecule has 0 radical (unpaired) electrons. The second kappa shape index (κ2) is 7.38. The van der Waals surface area contributed by atoms with Crippen LogP contribution in [-0.2, 0) is 6.54 Å². The van der Waals surface area contributed by atoms with Crippen LogP contribution in [0.3, 0.4) is 0 Å². The van der Waals surface area contributed by atoms with Crippen molar-refractivity contribution in [2.24, 2.45) is 5.92 Å². The lowest BCUT2D eigenvalue weighted by Crippen LogP contribution is -2.34. The van der Waals surface area contributed by atoms with Crippen LogP contribution in [0.15, 0.2) is 18.2 Å². The van der Waals surface area contributed by atoms with Crippen LogP contribution < -0.4 is 10.1 Å². The zero-order valence-electron chi connectivity index (χ0n) is 12.7. The molecule has 1 aromatic carbocycles. The number of piperidine rings is 1. The van der Waals surface area contributed by atoms with Gasteiger partial charge in [0.15, 0.2) is 0 Å². The van der Waals surface area contributed by atoms with Gasteiger partial charge in [-0.15, -0.1) is 0 Å². The topological polar surface area (TPSA) is 67.6 Å². The Kier molecular flexibility index (Phi) is 5.52. The van der Waals surface area contributed by atoms with Gasteiger partial charge in [-0.3, -0.25) is 10.1 Å². The highest BCUT2D eigenvalue weighted by Crippen LogP contribution is 2.24. The van der Waals surface area contributed by atoms with Crippen LogP contribution in [0, 0.1) is 16.0 Å². The van der Waals surface area contributed by atoms with E-state index in [-0.39, 0.29) is 10.6 Å². The maximum Gasteiger partial charge on any atom is 0.273 e. The summed E-state index contributed by atoms with van der Waals surface area (Å²) in [5.74, 6) is 1.24. The molecule has 1 fully saturated rings. The molecular formula is C15H23N3O3. The smallest absolute Gasteiger partial charge is 0.273 e. The Hall–Kier alpha value is -1.66. The van der Waals surface area contributed by atoms with Gasteiger partial charge in [0.25, 0.3) is 5.69 Å². The fourth-order valence-electron chi connectivity index (χ4n) is 2.84. The van der Waals surface area contributed by atoms with Gasteiger partial charge < -0.3 is 15.0 Å². The molecule has 1 saturated heterocycles. The van der Waals surface area contributed by atoms with E-state index in [0.717, 1.165) is 25.2 Å². The van der Waals surface area contributed by atoms with E-state index < -0.39 is 0 Å². The summed E-state index contributed by atoms with van der Waals surface area (Å²) < 4.78 is 5.15. The standard InChI is InChI=1S/C15H23N3O3/c1-17(10-12-3-5-16-6-4-12)11-13-7-14(18(19)20)9-15(8-13)21-2/h7-9,12,16H,3-6,10-11H2,1-2H3. The van der Waals surface area contributed by atoms with Crippen molar-refractivity contribution >= 4 is 5.69 Å². The third kappa shape index (κ3) is 4.68. The molecule has 2 rings (SSSR count). The Morgan fingerprint density at radius 2 is 2.10 bits per heavy atom. The van der Waals surface area contributed by atoms with Crippen molar-refractivity contribution in [1.82, 2.24) is 10.2 Å². The number of benzene rings is 1. The Balaban J connectivity index is 2.00. The molecule has 0 aromatic heterocycles. The summed E-state index contributed by atoms with van der Waals surface area (Å²) >= 11 is 0. The van der Waals surface area contributed by atoms with Crippen molar-refractivity contribution in [3.8, 4) is 5.75 Å². The third-order valence-electron chi connectivity index (χ3n) is 3.88. The van der Waals surface area contributed by atoms with Crippen molar-refractivity contribution in [2.75, 3.05) is 33.8 Å². The van der Waals surface area contributed by atoms with E-state index in [2.05, 4.69) is 17.3 Å². The summed E-state index contributed by atoms with van der Waals surface area (Å²) in [5, 5.41) is 14.3. The van der Waals surface area contributed by atoms with E-state index >= 15 is 0 Å². The van der Waals surface area contributed by atoms with Crippen molar-refractivity contribution in [3.05, 3.63) is 33.9 Å². The van der Waals surface area contributed by atoms with E-state index in [0.29, 0.717) is 18.2 Å². The van der Waals surface area contributed by atoms with Gasteiger partial charge in [-0.1, -0.05) is 0 Å². The maximum atomic E-state index is 11.0. The highest BCUT2D eigenvalue weighted by Gasteiger charge is 2.16. The van der Waals surface area contributed by atoms with Gasteiger partial charge >= 0.3 is 0 Å². The Morgan fingerprint density at radius 1 is 1.38 bits per heavy atom. The maximum absolute atomic E-state index is 11.0. The number of rotatable bonds is 6. The molecule has 1 aliphatic heterocycles. The number of non-ortho nitro benzene ring substituents is 1. The van der Waals surface area contributed by atoms with Gasteiger partial charge in [0.1, 0.15) is 5.75 Å². The van der Waals surface area contributed by atoms with Crippen LogP contribution in [0.4, 0.5) is 5.69 Å². The minimum atomic E-state index is -0.376. The lowest BCUT2D eigenvalue weighted by atomic mass is 9.97. The van der Waals surface area contributed by atoms with Crippen molar-refractivity contribution < 1.29 is 9.66 Å². The van der Waals surface area contributed by atoms with Gasteiger partial charge in [0.2, 0.25) is 0 Å². The Morgan fingerprint density at radius 3 is 2.71 bits per heavy atom. The first-order valence-electron chi connectivity index (χ1n) is 7.30. The predicted molar refractivity (Wildman–Crippen MR) is 81.6 cm³/mol. The zero-order chi connectivity index (χ0) is 15.2. The average Bonchev–Trinajstić information content (AvgIpc) is 2.47.